The van der Waals surface area contributed by atoms with Gasteiger partial charge in [0.05, 0.1) is 29.4 Å². The lowest BCUT2D eigenvalue weighted by molar-refractivity contribution is -0.384. The zero-order chi connectivity index (χ0) is 16.7. The molecular formula is C16H14ClN3O3. The molecule has 6 nitrogen and oxygen atoms in total. The summed E-state index contributed by atoms with van der Waals surface area (Å²) in [5, 5.41) is 23.4. The Hall–Kier alpha value is -2.62. The molecule has 0 unspecified atom stereocenters. The van der Waals surface area contributed by atoms with E-state index in [0.29, 0.717) is 30.5 Å². The van der Waals surface area contributed by atoms with Crippen molar-refractivity contribution in [3.63, 3.8) is 0 Å². The van der Waals surface area contributed by atoms with Gasteiger partial charge in [-0.25, -0.2) is 0 Å². The van der Waals surface area contributed by atoms with Crippen LogP contribution in [0.15, 0.2) is 42.5 Å². The third kappa shape index (κ3) is 4.95. The lowest BCUT2D eigenvalue weighted by Gasteiger charge is -2.09. The summed E-state index contributed by atoms with van der Waals surface area (Å²) in [5.41, 5.74) is 1.69. The molecule has 2 aromatic rings. The second-order valence-corrected chi connectivity index (χ2v) is 5.14. The molecule has 23 heavy (non-hydrogen) atoms. The Morgan fingerprint density at radius 1 is 1.26 bits per heavy atom. The first-order chi connectivity index (χ1) is 11.1. The third-order valence-corrected chi connectivity index (χ3v) is 3.33. The standard InChI is InChI=1S/C16H14ClN3O3/c17-14-3-1-12(2-4-14)11-23-8-7-19-16-6-5-15(20(21)22)9-13(16)10-18/h1-6,9,19H,7-8,11H2. The van der Waals surface area contributed by atoms with Crippen molar-refractivity contribution in [2.75, 3.05) is 18.5 Å². The number of anilines is 1. The zero-order valence-corrected chi connectivity index (χ0v) is 12.9. The number of ether oxygens (including phenoxy) is 1. The zero-order valence-electron chi connectivity index (χ0n) is 12.2. The molecule has 0 aliphatic carbocycles. The molecule has 0 heterocycles. The first kappa shape index (κ1) is 16.7. The maximum atomic E-state index is 10.7. The predicted octanol–water partition coefficient (Wildman–Crippen LogP) is 3.75. The number of nitrogens with one attached hydrogen (secondary N) is 1. The fourth-order valence-corrected chi connectivity index (χ4v) is 2.05. The summed E-state index contributed by atoms with van der Waals surface area (Å²) in [5.74, 6) is 0. The first-order valence-corrected chi connectivity index (χ1v) is 7.22. The minimum Gasteiger partial charge on any atom is -0.382 e. The van der Waals surface area contributed by atoms with E-state index in [4.69, 9.17) is 21.6 Å². The molecule has 0 aliphatic heterocycles. The number of rotatable bonds is 7. The smallest absolute Gasteiger partial charge is 0.270 e. The highest BCUT2D eigenvalue weighted by atomic mass is 35.5. The van der Waals surface area contributed by atoms with Crippen molar-refractivity contribution >= 4 is 23.0 Å². The number of nitro benzene ring substituents is 1. The van der Waals surface area contributed by atoms with E-state index in [-0.39, 0.29) is 11.3 Å². The predicted molar refractivity (Wildman–Crippen MR) is 87.4 cm³/mol. The van der Waals surface area contributed by atoms with E-state index in [1.54, 1.807) is 12.1 Å². The van der Waals surface area contributed by atoms with Crippen LogP contribution in [0.1, 0.15) is 11.1 Å². The van der Waals surface area contributed by atoms with Gasteiger partial charge in [0.15, 0.2) is 0 Å². The molecule has 118 valence electrons. The highest BCUT2D eigenvalue weighted by Gasteiger charge is 2.10. The van der Waals surface area contributed by atoms with Gasteiger partial charge in [0.2, 0.25) is 0 Å². The lowest BCUT2D eigenvalue weighted by atomic mass is 10.1. The monoisotopic (exact) mass is 331 g/mol. The summed E-state index contributed by atoms with van der Waals surface area (Å²) in [4.78, 5) is 10.2. The summed E-state index contributed by atoms with van der Waals surface area (Å²) in [7, 11) is 0. The molecule has 0 fully saturated rings. The average Bonchev–Trinajstić information content (AvgIpc) is 2.56. The van der Waals surface area contributed by atoms with E-state index in [1.807, 2.05) is 18.2 Å². The van der Waals surface area contributed by atoms with Crippen LogP contribution < -0.4 is 5.32 Å². The summed E-state index contributed by atoms with van der Waals surface area (Å²) in [6.07, 6.45) is 0. The van der Waals surface area contributed by atoms with Crippen molar-refractivity contribution in [2.45, 2.75) is 6.61 Å². The average molecular weight is 332 g/mol. The van der Waals surface area contributed by atoms with Crippen molar-refractivity contribution in [1.82, 2.24) is 0 Å². The van der Waals surface area contributed by atoms with E-state index >= 15 is 0 Å². The normalized spacial score (nSPS) is 10.1. The fraction of sp³-hybridized carbons (Fsp3) is 0.188. The maximum absolute atomic E-state index is 10.7. The molecule has 0 radical (unpaired) electrons. The molecule has 0 aromatic heterocycles. The molecule has 2 aromatic carbocycles. The van der Waals surface area contributed by atoms with Gasteiger partial charge in [0.25, 0.3) is 5.69 Å². The molecule has 0 atom stereocenters. The van der Waals surface area contributed by atoms with Gasteiger partial charge in [0.1, 0.15) is 6.07 Å². The van der Waals surface area contributed by atoms with Gasteiger partial charge >= 0.3 is 0 Å². The maximum Gasteiger partial charge on any atom is 0.270 e. The Morgan fingerprint density at radius 3 is 2.65 bits per heavy atom. The van der Waals surface area contributed by atoms with E-state index in [2.05, 4.69) is 5.32 Å². The van der Waals surface area contributed by atoms with Crippen LogP contribution in [-0.2, 0) is 11.3 Å². The molecular weight excluding hydrogens is 318 g/mol. The minimum atomic E-state index is -0.528. The second-order valence-electron chi connectivity index (χ2n) is 4.70. The van der Waals surface area contributed by atoms with E-state index in [1.165, 1.54) is 18.2 Å². The number of nitro groups is 1. The molecule has 0 spiro atoms. The van der Waals surface area contributed by atoms with Crippen molar-refractivity contribution < 1.29 is 9.66 Å². The van der Waals surface area contributed by atoms with Crippen molar-refractivity contribution in [3.05, 3.63) is 68.7 Å². The largest absolute Gasteiger partial charge is 0.382 e. The van der Waals surface area contributed by atoms with Crippen LogP contribution in [0, 0.1) is 21.4 Å². The third-order valence-electron chi connectivity index (χ3n) is 3.08. The summed E-state index contributed by atoms with van der Waals surface area (Å²) < 4.78 is 5.52. The van der Waals surface area contributed by atoms with Gasteiger partial charge in [-0.15, -0.1) is 0 Å². The van der Waals surface area contributed by atoms with Crippen LogP contribution in [-0.4, -0.2) is 18.1 Å². The van der Waals surface area contributed by atoms with Crippen LogP contribution in [0.25, 0.3) is 0 Å². The molecule has 0 aliphatic rings. The number of benzene rings is 2. The Kier molecular flexibility index (Phi) is 5.92. The van der Waals surface area contributed by atoms with Crippen LogP contribution in [0.5, 0.6) is 0 Å². The molecule has 2 rings (SSSR count). The Balaban J connectivity index is 1.81. The number of hydrogen-bond donors (Lipinski definition) is 1. The SMILES string of the molecule is N#Cc1cc([N+](=O)[O-])ccc1NCCOCc1ccc(Cl)cc1. The summed E-state index contributed by atoms with van der Waals surface area (Å²) in [6.45, 7) is 1.38. The Labute approximate surface area is 138 Å². The van der Waals surface area contributed by atoms with Gasteiger partial charge in [-0.2, -0.15) is 5.26 Å². The summed E-state index contributed by atoms with van der Waals surface area (Å²) in [6, 6.07) is 13.4. The minimum absolute atomic E-state index is 0.105. The van der Waals surface area contributed by atoms with Crippen molar-refractivity contribution in [1.29, 1.82) is 5.26 Å². The number of halogens is 1. The molecule has 0 bridgehead atoms. The van der Waals surface area contributed by atoms with E-state index in [9.17, 15) is 10.1 Å². The fourth-order valence-electron chi connectivity index (χ4n) is 1.92. The highest BCUT2D eigenvalue weighted by Crippen LogP contribution is 2.21. The molecule has 0 amide bonds. The number of non-ortho nitro benzene ring substituents is 1. The van der Waals surface area contributed by atoms with Gasteiger partial charge in [0, 0.05) is 23.7 Å². The van der Waals surface area contributed by atoms with Crippen LogP contribution >= 0.6 is 11.6 Å². The van der Waals surface area contributed by atoms with Crippen LogP contribution in [0.2, 0.25) is 5.02 Å². The molecule has 0 saturated carbocycles. The van der Waals surface area contributed by atoms with Crippen LogP contribution in [0.4, 0.5) is 11.4 Å². The Morgan fingerprint density at radius 2 is 2.00 bits per heavy atom. The number of nitriles is 1. The molecule has 7 heteroatoms. The van der Waals surface area contributed by atoms with Crippen molar-refractivity contribution in [3.8, 4) is 6.07 Å². The number of hydrogen-bond acceptors (Lipinski definition) is 5. The second kappa shape index (κ2) is 8.13. The van der Waals surface area contributed by atoms with Gasteiger partial charge < -0.3 is 10.1 Å². The molecule has 1 N–H and O–H groups in total. The van der Waals surface area contributed by atoms with E-state index in [0.717, 1.165) is 5.56 Å². The van der Waals surface area contributed by atoms with Gasteiger partial charge in [-0.1, -0.05) is 23.7 Å². The van der Waals surface area contributed by atoms with Crippen molar-refractivity contribution in [2.24, 2.45) is 0 Å². The van der Waals surface area contributed by atoms with Gasteiger partial charge in [-0.05, 0) is 23.8 Å². The van der Waals surface area contributed by atoms with Crippen LogP contribution in [0.3, 0.4) is 0 Å². The highest BCUT2D eigenvalue weighted by molar-refractivity contribution is 6.30. The lowest BCUT2D eigenvalue weighted by Crippen LogP contribution is -2.10. The van der Waals surface area contributed by atoms with E-state index < -0.39 is 4.92 Å². The topological polar surface area (TPSA) is 88.2 Å². The van der Waals surface area contributed by atoms with Gasteiger partial charge in [-0.3, -0.25) is 10.1 Å². The summed E-state index contributed by atoms with van der Waals surface area (Å²) >= 11 is 5.80. The molecule has 0 saturated heterocycles. The number of nitrogens with zero attached hydrogens (tertiary/aromatic N) is 2. The first-order valence-electron chi connectivity index (χ1n) is 6.85. The Bertz CT molecular complexity index is 726. The quantitative estimate of drug-likeness (QED) is 0.474.